The maximum Gasteiger partial charge on any atom is 0.317 e. The van der Waals surface area contributed by atoms with Crippen LogP contribution in [-0.2, 0) is 14.9 Å². The van der Waals surface area contributed by atoms with Gasteiger partial charge in [0.05, 0.1) is 13.2 Å². The van der Waals surface area contributed by atoms with E-state index in [4.69, 9.17) is 4.74 Å². The van der Waals surface area contributed by atoms with E-state index >= 15 is 0 Å². The predicted molar refractivity (Wildman–Crippen MR) is 83.0 cm³/mol. The minimum Gasteiger partial charge on any atom is -0.378 e. The standard InChI is InChI=1S/C13H25FN4O4S/c1-3-16(2)23(20,21)18-10-11(14)8-12(18)9-15-13(19)17-4-6-22-7-5-17/h11-12H,3-10H2,1-2H3,(H,15,19)/t11-,12-/m0/s1. The Bertz CT molecular complexity index is 512. The highest BCUT2D eigenvalue weighted by Crippen LogP contribution is 2.24. The number of halogens is 1. The molecule has 0 aromatic rings. The van der Waals surface area contributed by atoms with Gasteiger partial charge in [-0.05, 0) is 6.42 Å². The van der Waals surface area contributed by atoms with E-state index in [1.807, 2.05) is 0 Å². The number of hydrogen-bond donors (Lipinski definition) is 1. The van der Waals surface area contributed by atoms with Crippen LogP contribution < -0.4 is 5.32 Å². The van der Waals surface area contributed by atoms with Gasteiger partial charge in [0.1, 0.15) is 6.17 Å². The highest BCUT2D eigenvalue weighted by molar-refractivity contribution is 7.86. The largest absolute Gasteiger partial charge is 0.378 e. The van der Waals surface area contributed by atoms with Crippen molar-refractivity contribution in [3.63, 3.8) is 0 Å². The fourth-order valence-electron chi connectivity index (χ4n) is 2.72. The van der Waals surface area contributed by atoms with E-state index < -0.39 is 22.4 Å². The number of alkyl halides is 1. The zero-order valence-electron chi connectivity index (χ0n) is 13.6. The summed E-state index contributed by atoms with van der Waals surface area (Å²) in [5.74, 6) is 0. The summed E-state index contributed by atoms with van der Waals surface area (Å²) in [6.07, 6.45) is -1.11. The highest BCUT2D eigenvalue weighted by atomic mass is 32.2. The lowest BCUT2D eigenvalue weighted by atomic mass is 10.2. The van der Waals surface area contributed by atoms with Crippen LogP contribution in [0.1, 0.15) is 13.3 Å². The van der Waals surface area contributed by atoms with Crippen LogP contribution >= 0.6 is 0 Å². The van der Waals surface area contributed by atoms with Gasteiger partial charge in [-0.25, -0.2) is 9.18 Å². The SMILES string of the molecule is CCN(C)S(=O)(=O)N1C[C@@H](F)C[C@H]1CNC(=O)N1CCOCC1. The Morgan fingerprint density at radius 1 is 1.39 bits per heavy atom. The molecule has 2 rings (SSSR count). The molecule has 0 aromatic carbocycles. The Morgan fingerprint density at radius 3 is 2.65 bits per heavy atom. The Labute approximate surface area is 136 Å². The molecule has 2 aliphatic heterocycles. The van der Waals surface area contributed by atoms with Crippen molar-refractivity contribution >= 4 is 16.2 Å². The quantitative estimate of drug-likeness (QED) is 0.732. The maximum atomic E-state index is 13.7. The second-order valence-corrected chi connectivity index (χ2v) is 7.75. The average molecular weight is 352 g/mol. The van der Waals surface area contributed by atoms with Crippen molar-refractivity contribution in [2.45, 2.75) is 25.6 Å². The van der Waals surface area contributed by atoms with Gasteiger partial charge < -0.3 is 15.0 Å². The smallest absolute Gasteiger partial charge is 0.317 e. The number of nitrogens with zero attached hydrogens (tertiary/aromatic N) is 3. The number of ether oxygens (including phenoxy) is 1. The van der Waals surface area contributed by atoms with Crippen LogP contribution in [0, 0.1) is 0 Å². The van der Waals surface area contributed by atoms with Crippen LogP contribution in [0.5, 0.6) is 0 Å². The van der Waals surface area contributed by atoms with E-state index in [0.29, 0.717) is 32.8 Å². The van der Waals surface area contributed by atoms with Gasteiger partial charge in [0.2, 0.25) is 0 Å². The molecule has 2 saturated heterocycles. The molecule has 2 fully saturated rings. The van der Waals surface area contributed by atoms with Crippen LogP contribution in [0.25, 0.3) is 0 Å². The van der Waals surface area contributed by atoms with Gasteiger partial charge in [0.25, 0.3) is 10.2 Å². The molecule has 0 aromatic heterocycles. The molecule has 0 spiro atoms. The van der Waals surface area contributed by atoms with Crippen molar-refractivity contribution in [2.75, 3.05) is 53.0 Å². The Morgan fingerprint density at radius 2 is 2.04 bits per heavy atom. The molecule has 23 heavy (non-hydrogen) atoms. The Kier molecular flexibility index (Phi) is 6.18. The number of hydrogen-bond acceptors (Lipinski definition) is 4. The first kappa shape index (κ1) is 18.4. The first-order chi connectivity index (χ1) is 10.9. The van der Waals surface area contributed by atoms with Gasteiger partial charge in [0.15, 0.2) is 0 Å². The molecule has 0 unspecified atom stereocenters. The van der Waals surface area contributed by atoms with Gasteiger partial charge in [-0.1, -0.05) is 6.92 Å². The molecule has 10 heteroatoms. The van der Waals surface area contributed by atoms with Gasteiger partial charge in [0, 0.05) is 45.8 Å². The highest BCUT2D eigenvalue weighted by Gasteiger charge is 2.41. The topological polar surface area (TPSA) is 82.2 Å². The van der Waals surface area contributed by atoms with Crippen LogP contribution in [0.3, 0.4) is 0 Å². The summed E-state index contributed by atoms with van der Waals surface area (Å²) in [5.41, 5.74) is 0. The summed E-state index contributed by atoms with van der Waals surface area (Å²) < 4.78 is 46.1. The lowest BCUT2D eigenvalue weighted by Crippen LogP contribution is -2.51. The zero-order valence-corrected chi connectivity index (χ0v) is 14.4. The van der Waals surface area contributed by atoms with Crippen molar-refractivity contribution in [1.82, 2.24) is 18.8 Å². The predicted octanol–water partition coefficient (Wildman–Crippen LogP) is -0.363. The summed E-state index contributed by atoms with van der Waals surface area (Å²) >= 11 is 0. The van der Waals surface area contributed by atoms with Gasteiger partial charge in [-0.2, -0.15) is 17.0 Å². The summed E-state index contributed by atoms with van der Waals surface area (Å²) in [6.45, 7) is 3.96. The third-order valence-corrected chi connectivity index (χ3v) is 6.32. The number of urea groups is 1. The molecule has 1 N–H and O–H groups in total. The van der Waals surface area contributed by atoms with Crippen LogP contribution in [0.4, 0.5) is 9.18 Å². The van der Waals surface area contributed by atoms with E-state index in [9.17, 15) is 17.6 Å². The minimum atomic E-state index is -3.70. The molecular formula is C13H25FN4O4S. The molecule has 8 nitrogen and oxygen atoms in total. The summed E-state index contributed by atoms with van der Waals surface area (Å²) in [7, 11) is -2.24. The first-order valence-corrected chi connectivity index (χ1v) is 9.23. The molecule has 2 aliphatic rings. The third-order valence-electron chi connectivity index (χ3n) is 4.24. The van der Waals surface area contributed by atoms with E-state index in [1.165, 1.54) is 11.4 Å². The van der Waals surface area contributed by atoms with Crippen LogP contribution in [0.15, 0.2) is 0 Å². The van der Waals surface area contributed by atoms with Crippen molar-refractivity contribution in [3.8, 4) is 0 Å². The fraction of sp³-hybridized carbons (Fsp3) is 0.923. The maximum absolute atomic E-state index is 13.7. The number of amides is 2. The molecular weight excluding hydrogens is 327 g/mol. The first-order valence-electron chi connectivity index (χ1n) is 7.84. The Hall–Kier alpha value is -0.970. The normalized spacial score (nSPS) is 26.7. The van der Waals surface area contributed by atoms with Crippen molar-refractivity contribution < 1.29 is 22.3 Å². The third kappa shape index (κ3) is 4.31. The Balaban J connectivity index is 1.95. The number of nitrogens with one attached hydrogen (secondary N) is 1. The second kappa shape index (κ2) is 7.73. The summed E-state index contributed by atoms with van der Waals surface area (Å²) in [5, 5.41) is 2.71. The molecule has 0 saturated carbocycles. The lowest BCUT2D eigenvalue weighted by Gasteiger charge is -2.30. The average Bonchev–Trinajstić information content (AvgIpc) is 2.94. The van der Waals surface area contributed by atoms with Crippen LogP contribution in [0.2, 0.25) is 0 Å². The molecule has 2 atom stereocenters. The fourth-order valence-corrected chi connectivity index (χ4v) is 4.30. The number of carbonyl (C=O) groups is 1. The van der Waals surface area contributed by atoms with Gasteiger partial charge in [-0.3, -0.25) is 0 Å². The van der Waals surface area contributed by atoms with Crippen molar-refractivity contribution in [2.24, 2.45) is 0 Å². The monoisotopic (exact) mass is 352 g/mol. The van der Waals surface area contributed by atoms with E-state index in [-0.39, 0.29) is 25.5 Å². The zero-order chi connectivity index (χ0) is 17.0. The van der Waals surface area contributed by atoms with E-state index in [0.717, 1.165) is 4.31 Å². The molecule has 0 aliphatic carbocycles. The van der Waals surface area contributed by atoms with E-state index in [2.05, 4.69) is 5.32 Å². The summed E-state index contributed by atoms with van der Waals surface area (Å²) in [6, 6.07) is -0.828. The van der Waals surface area contributed by atoms with E-state index in [1.54, 1.807) is 11.8 Å². The molecule has 134 valence electrons. The van der Waals surface area contributed by atoms with Crippen molar-refractivity contribution in [1.29, 1.82) is 0 Å². The molecule has 0 radical (unpaired) electrons. The summed E-state index contributed by atoms with van der Waals surface area (Å²) in [4.78, 5) is 13.7. The second-order valence-electron chi connectivity index (χ2n) is 5.76. The molecule has 0 bridgehead atoms. The molecule has 2 amide bonds. The number of morpholine rings is 1. The van der Waals surface area contributed by atoms with Crippen LogP contribution in [-0.4, -0.2) is 93.2 Å². The number of carbonyl (C=O) groups excluding carboxylic acids is 1. The number of rotatable bonds is 5. The minimum absolute atomic E-state index is 0.0974. The molecule has 2 heterocycles. The van der Waals surface area contributed by atoms with Gasteiger partial charge >= 0.3 is 6.03 Å². The van der Waals surface area contributed by atoms with Crippen molar-refractivity contribution in [3.05, 3.63) is 0 Å². The lowest BCUT2D eigenvalue weighted by molar-refractivity contribution is 0.0530. The van der Waals surface area contributed by atoms with Gasteiger partial charge in [-0.15, -0.1) is 0 Å².